The van der Waals surface area contributed by atoms with Gasteiger partial charge in [-0.3, -0.25) is 9.59 Å². The maximum absolute atomic E-state index is 13.4. The molecule has 0 aliphatic heterocycles. The summed E-state index contributed by atoms with van der Waals surface area (Å²) in [7, 11) is 0. The van der Waals surface area contributed by atoms with Crippen LogP contribution in [0.2, 0.25) is 0 Å². The second kappa shape index (κ2) is 9.58. The lowest BCUT2D eigenvalue weighted by Crippen LogP contribution is -2.42. The molecule has 0 N–H and O–H groups in total. The predicted octanol–water partition coefficient (Wildman–Crippen LogP) is 3.90. The Labute approximate surface area is 171 Å². The number of esters is 1. The molecule has 0 saturated carbocycles. The smallest absolute Gasteiger partial charge is 0.355 e. The molecule has 0 saturated heterocycles. The number of nitrogens with zero attached hydrogens (tertiary/aromatic N) is 2. The Morgan fingerprint density at radius 3 is 2.41 bits per heavy atom. The van der Waals surface area contributed by atoms with E-state index in [0.29, 0.717) is 34.8 Å². The predicted molar refractivity (Wildman–Crippen MR) is 109 cm³/mol. The van der Waals surface area contributed by atoms with Gasteiger partial charge >= 0.3 is 5.97 Å². The average Bonchev–Trinajstić information content (AvgIpc) is 3.30. The second-order valence-electron chi connectivity index (χ2n) is 6.89. The minimum Gasteiger partial charge on any atom is -0.467 e. The van der Waals surface area contributed by atoms with Gasteiger partial charge in [0.05, 0.1) is 25.5 Å². The largest absolute Gasteiger partial charge is 0.467 e. The zero-order valence-electron chi connectivity index (χ0n) is 18.1. The highest BCUT2D eigenvalue weighted by Gasteiger charge is 2.32. The van der Waals surface area contributed by atoms with Crippen LogP contribution in [-0.4, -0.2) is 39.8 Å². The third kappa shape index (κ3) is 4.44. The number of ether oxygens (including phenoxy) is 1. The van der Waals surface area contributed by atoms with Crippen molar-refractivity contribution >= 4 is 17.7 Å². The molecule has 7 nitrogen and oxygen atoms in total. The number of ketones is 1. The van der Waals surface area contributed by atoms with Gasteiger partial charge in [0.2, 0.25) is 5.91 Å². The van der Waals surface area contributed by atoms with Gasteiger partial charge in [-0.15, -0.1) is 0 Å². The van der Waals surface area contributed by atoms with Crippen LogP contribution < -0.4 is 0 Å². The fraction of sp³-hybridized carbons (Fsp3) is 0.500. The van der Waals surface area contributed by atoms with Crippen molar-refractivity contribution in [3.63, 3.8) is 0 Å². The van der Waals surface area contributed by atoms with Crippen LogP contribution in [0.15, 0.2) is 22.8 Å². The van der Waals surface area contributed by atoms with Gasteiger partial charge < -0.3 is 18.6 Å². The van der Waals surface area contributed by atoms with Gasteiger partial charge in [0.15, 0.2) is 5.78 Å². The topological polar surface area (TPSA) is 81.8 Å². The van der Waals surface area contributed by atoms with E-state index in [1.807, 2.05) is 13.8 Å². The number of carbonyl (C=O) groups is 3. The average molecular weight is 402 g/mol. The highest BCUT2D eigenvalue weighted by molar-refractivity contribution is 6.06. The van der Waals surface area contributed by atoms with E-state index in [9.17, 15) is 14.4 Å². The van der Waals surface area contributed by atoms with E-state index >= 15 is 0 Å². The molecule has 0 bridgehead atoms. The van der Waals surface area contributed by atoms with Crippen LogP contribution in [0, 0.1) is 13.8 Å². The lowest BCUT2D eigenvalue weighted by atomic mass is 9.99. The number of amides is 1. The molecule has 1 atom stereocenters. The Kier molecular flexibility index (Phi) is 7.42. The molecule has 2 heterocycles. The van der Waals surface area contributed by atoms with Crippen LogP contribution in [0.5, 0.6) is 0 Å². The van der Waals surface area contributed by atoms with Crippen molar-refractivity contribution in [2.24, 2.45) is 0 Å². The fourth-order valence-electron chi connectivity index (χ4n) is 3.68. The molecule has 0 aromatic carbocycles. The maximum atomic E-state index is 13.4. The number of furan rings is 1. The molecular formula is C22H30N2O5. The standard InChI is InChI=1S/C22H30N2O5/c1-7-18(25)24(13-17-11-10-12-29-17)16(6)21(26)19-14(4)20(22(27)28-9-3)23(8-2)15(19)5/h10-12,16H,7-9,13H2,1-6H3. The fourth-order valence-corrected chi connectivity index (χ4v) is 3.68. The van der Waals surface area contributed by atoms with Gasteiger partial charge in [-0.1, -0.05) is 6.92 Å². The van der Waals surface area contributed by atoms with Crippen LogP contribution in [0.3, 0.4) is 0 Å². The first-order valence-electron chi connectivity index (χ1n) is 10.0. The highest BCUT2D eigenvalue weighted by Crippen LogP contribution is 2.26. The van der Waals surface area contributed by atoms with Crippen molar-refractivity contribution in [2.45, 2.75) is 67.1 Å². The Bertz CT molecular complexity index is 880. The van der Waals surface area contributed by atoms with Crippen molar-refractivity contribution in [1.82, 2.24) is 9.47 Å². The molecular weight excluding hydrogens is 372 g/mol. The quantitative estimate of drug-likeness (QED) is 0.469. The monoisotopic (exact) mass is 402 g/mol. The first kappa shape index (κ1) is 22.5. The molecule has 0 aliphatic rings. The number of carbonyl (C=O) groups excluding carboxylic acids is 3. The Balaban J connectivity index is 2.45. The second-order valence-corrected chi connectivity index (χ2v) is 6.89. The normalized spacial score (nSPS) is 11.9. The lowest BCUT2D eigenvalue weighted by molar-refractivity contribution is -0.133. The zero-order chi connectivity index (χ0) is 21.7. The van der Waals surface area contributed by atoms with E-state index in [1.54, 1.807) is 44.4 Å². The molecule has 0 radical (unpaired) electrons. The van der Waals surface area contributed by atoms with E-state index in [2.05, 4.69) is 0 Å². The third-order valence-electron chi connectivity index (χ3n) is 5.17. The van der Waals surface area contributed by atoms with Gasteiger partial charge in [0.25, 0.3) is 0 Å². The molecule has 29 heavy (non-hydrogen) atoms. The third-order valence-corrected chi connectivity index (χ3v) is 5.17. The summed E-state index contributed by atoms with van der Waals surface area (Å²) in [6.45, 7) is 11.7. The van der Waals surface area contributed by atoms with Gasteiger partial charge in [0.1, 0.15) is 11.5 Å². The van der Waals surface area contributed by atoms with Crippen molar-refractivity contribution in [3.8, 4) is 0 Å². The maximum Gasteiger partial charge on any atom is 0.355 e. The minimum absolute atomic E-state index is 0.141. The lowest BCUT2D eigenvalue weighted by Gasteiger charge is -2.27. The van der Waals surface area contributed by atoms with E-state index in [1.165, 1.54) is 11.2 Å². The van der Waals surface area contributed by atoms with Crippen LogP contribution in [0.1, 0.15) is 72.0 Å². The SMILES string of the molecule is CCOC(=O)c1c(C)c(C(=O)C(C)N(Cc2ccco2)C(=O)CC)c(C)n1CC. The highest BCUT2D eigenvalue weighted by atomic mass is 16.5. The van der Waals surface area contributed by atoms with Gasteiger partial charge in [-0.25, -0.2) is 4.79 Å². The number of Topliss-reactive ketones (excluding diaryl/α,β-unsaturated/α-hetero) is 1. The van der Waals surface area contributed by atoms with Gasteiger partial charge in [-0.05, 0) is 52.3 Å². The zero-order valence-corrected chi connectivity index (χ0v) is 18.1. The Hall–Kier alpha value is -2.83. The van der Waals surface area contributed by atoms with E-state index < -0.39 is 12.0 Å². The summed E-state index contributed by atoms with van der Waals surface area (Å²) in [5.74, 6) is -0.179. The molecule has 0 aliphatic carbocycles. The molecule has 0 spiro atoms. The minimum atomic E-state index is -0.701. The van der Waals surface area contributed by atoms with Crippen molar-refractivity contribution in [1.29, 1.82) is 0 Å². The molecule has 1 unspecified atom stereocenters. The first-order valence-corrected chi connectivity index (χ1v) is 10.0. The van der Waals surface area contributed by atoms with E-state index in [-0.39, 0.29) is 31.3 Å². The van der Waals surface area contributed by atoms with Crippen LogP contribution in [0.25, 0.3) is 0 Å². The molecule has 7 heteroatoms. The number of aromatic nitrogens is 1. The molecule has 2 aromatic rings. The summed E-state index contributed by atoms with van der Waals surface area (Å²) < 4.78 is 12.4. The molecule has 158 valence electrons. The first-order chi connectivity index (χ1) is 13.8. The van der Waals surface area contributed by atoms with Crippen LogP contribution >= 0.6 is 0 Å². The molecule has 0 fully saturated rings. The van der Waals surface area contributed by atoms with Crippen molar-refractivity contribution in [2.75, 3.05) is 6.61 Å². The summed E-state index contributed by atoms with van der Waals surface area (Å²) in [4.78, 5) is 40.0. The molecule has 1 amide bonds. The molecule has 2 aromatic heterocycles. The number of rotatable bonds is 9. The van der Waals surface area contributed by atoms with Gasteiger partial charge in [-0.2, -0.15) is 0 Å². The number of hydrogen-bond donors (Lipinski definition) is 0. The van der Waals surface area contributed by atoms with E-state index in [4.69, 9.17) is 9.15 Å². The summed E-state index contributed by atoms with van der Waals surface area (Å²) in [5, 5.41) is 0. The molecule has 2 rings (SSSR count). The van der Waals surface area contributed by atoms with Crippen molar-refractivity contribution in [3.05, 3.63) is 46.7 Å². The van der Waals surface area contributed by atoms with Crippen LogP contribution in [-0.2, 0) is 22.6 Å². The van der Waals surface area contributed by atoms with Gasteiger partial charge in [0, 0.05) is 24.2 Å². The van der Waals surface area contributed by atoms with E-state index in [0.717, 1.165) is 0 Å². The summed E-state index contributed by atoms with van der Waals surface area (Å²) in [6.07, 6.45) is 1.82. The summed E-state index contributed by atoms with van der Waals surface area (Å²) >= 11 is 0. The summed E-state index contributed by atoms with van der Waals surface area (Å²) in [6, 6.07) is 2.82. The van der Waals surface area contributed by atoms with Crippen molar-refractivity contribution < 1.29 is 23.5 Å². The number of hydrogen-bond acceptors (Lipinski definition) is 5. The Morgan fingerprint density at radius 1 is 1.21 bits per heavy atom. The summed E-state index contributed by atoms with van der Waals surface area (Å²) in [5.41, 5.74) is 2.14. The van der Waals surface area contributed by atoms with Crippen LogP contribution in [0.4, 0.5) is 0 Å². The Morgan fingerprint density at radius 2 is 1.90 bits per heavy atom.